The molecule has 1 aliphatic carbocycles. The molecular formula is C16H27N3O. The molecule has 1 heterocycles. The Morgan fingerprint density at radius 3 is 2.70 bits per heavy atom. The van der Waals surface area contributed by atoms with E-state index in [2.05, 4.69) is 44.7 Å². The molecule has 4 heteroatoms. The zero-order valence-electron chi connectivity index (χ0n) is 13.4. The van der Waals surface area contributed by atoms with Crippen molar-refractivity contribution in [3.8, 4) is 0 Å². The second-order valence-corrected chi connectivity index (χ2v) is 7.29. The SMILES string of the molecule is CC1CCC(C(C)(C)Cc2ncnn2C(C)C)C(=O)C1. The summed E-state index contributed by atoms with van der Waals surface area (Å²) in [4.78, 5) is 16.8. The minimum absolute atomic E-state index is 0.0447. The van der Waals surface area contributed by atoms with E-state index in [1.807, 2.05) is 4.68 Å². The number of rotatable bonds is 4. The number of Topliss-reactive ketones (excluding diaryl/α,β-unsaturated/α-hetero) is 1. The molecule has 1 aromatic heterocycles. The van der Waals surface area contributed by atoms with Crippen molar-refractivity contribution in [3.05, 3.63) is 12.2 Å². The summed E-state index contributed by atoms with van der Waals surface area (Å²) in [5.41, 5.74) is -0.0447. The van der Waals surface area contributed by atoms with Crippen LogP contribution in [-0.4, -0.2) is 20.5 Å². The molecule has 2 rings (SSSR count). The maximum atomic E-state index is 12.4. The lowest BCUT2D eigenvalue weighted by molar-refractivity contribution is -0.130. The Kier molecular flexibility index (Phi) is 4.31. The molecule has 0 saturated heterocycles. The highest BCUT2D eigenvalue weighted by molar-refractivity contribution is 5.82. The van der Waals surface area contributed by atoms with Gasteiger partial charge in [-0.15, -0.1) is 0 Å². The monoisotopic (exact) mass is 277 g/mol. The molecule has 1 fully saturated rings. The topological polar surface area (TPSA) is 47.8 Å². The van der Waals surface area contributed by atoms with Gasteiger partial charge in [-0.3, -0.25) is 4.79 Å². The van der Waals surface area contributed by atoms with Gasteiger partial charge in [-0.05, 0) is 38.0 Å². The van der Waals surface area contributed by atoms with Crippen LogP contribution in [0.2, 0.25) is 0 Å². The number of carbonyl (C=O) groups is 1. The Hall–Kier alpha value is -1.19. The molecule has 0 amide bonds. The first-order valence-corrected chi connectivity index (χ1v) is 7.72. The van der Waals surface area contributed by atoms with Crippen molar-refractivity contribution < 1.29 is 4.79 Å². The van der Waals surface area contributed by atoms with E-state index in [-0.39, 0.29) is 11.3 Å². The highest BCUT2D eigenvalue weighted by atomic mass is 16.1. The van der Waals surface area contributed by atoms with Gasteiger partial charge >= 0.3 is 0 Å². The zero-order valence-corrected chi connectivity index (χ0v) is 13.4. The zero-order chi connectivity index (χ0) is 14.9. The van der Waals surface area contributed by atoms with Gasteiger partial charge in [0.15, 0.2) is 0 Å². The summed E-state index contributed by atoms with van der Waals surface area (Å²) in [5, 5.41) is 4.30. The molecule has 0 aromatic carbocycles. The van der Waals surface area contributed by atoms with Crippen molar-refractivity contribution in [2.75, 3.05) is 0 Å². The summed E-state index contributed by atoms with van der Waals surface area (Å²) in [6.07, 6.45) is 5.36. The Bertz CT molecular complexity index is 476. The van der Waals surface area contributed by atoms with Crippen LogP contribution in [0.1, 0.15) is 65.7 Å². The van der Waals surface area contributed by atoms with Gasteiger partial charge in [0, 0.05) is 24.8 Å². The van der Waals surface area contributed by atoms with Crippen molar-refractivity contribution >= 4 is 5.78 Å². The van der Waals surface area contributed by atoms with Crippen LogP contribution in [0.25, 0.3) is 0 Å². The number of hydrogen-bond donors (Lipinski definition) is 0. The third kappa shape index (κ3) is 3.10. The summed E-state index contributed by atoms with van der Waals surface area (Å²) in [7, 11) is 0. The highest BCUT2D eigenvalue weighted by Gasteiger charge is 2.38. The molecule has 1 aromatic rings. The number of hydrogen-bond acceptors (Lipinski definition) is 3. The first-order valence-electron chi connectivity index (χ1n) is 7.72. The largest absolute Gasteiger partial charge is 0.299 e. The average Bonchev–Trinajstić information content (AvgIpc) is 2.75. The van der Waals surface area contributed by atoms with E-state index < -0.39 is 0 Å². The van der Waals surface area contributed by atoms with E-state index in [0.29, 0.717) is 17.7 Å². The van der Waals surface area contributed by atoms with E-state index in [9.17, 15) is 4.79 Å². The lowest BCUT2D eigenvalue weighted by Gasteiger charge is -2.37. The van der Waals surface area contributed by atoms with Crippen molar-refractivity contribution in [2.24, 2.45) is 17.3 Å². The van der Waals surface area contributed by atoms with Crippen LogP contribution >= 0.6 is 0 Å². The molecule has 0 bridgehead atoms. The van der Waals surface area contributed by atoms with Gasteiger partial charge in [0.05, 0.1) is 0 Å². The molecule has 0 N–H and O–H groups in total. The smallest absolute Gasteiger partial charge is 0.138 e. The van der Waals surface area contributed by atoms with Crippen LogP contribution in [0.4, 0.5) is 0 Å². The summed E-state index contributed by atoms with van der Waals surface area (Å²) in [6, 6.07) is 0.311. The molecule has 112 valence electrons. The van der Waals surface area contributed by atoms with Crippen molar-refractivity contribution in [1.82, 2.24) is 14.8 Å². The summed E-state index contributed by atoms with van der Waals surface area (Å²) < 4.78 is 1.97. The van der Waals surface area contributed by atoms with Gasteiger partial charge in [0.25, 0.3) is 0 Å². The van der Waals surface area contributed by atoms with E-state index in [0.717, 1.165) is 31.5 Å². The van der Waals surface area contributed by atoms with Gasteiger partial charge in [-0.1, -0.05) is 20.8 Å². The molecule has 2 atom stereocenters. The summed E-state index contributed by atoms with van der Waals surface area (Å²) in [6.45, 7) is 10.8. The van der Waals surface area contributed by atoms with Gasteiger partial charge in [-0.2, -0.15) is 5.10 Å². The van der Waals surface area contributed by atoms with Crippen LogP contribution in [-0.2, 0) is 11.2 Å². The second kappa shape index (κ2) is 5.66. The average molecular weight is 277 g/mol. The molecule has 0 radical (unpaired) electrons. The van der Waals surface area contributed by atoms with Crippen LogP contribution in [0.3, 0.4) is 0 Å². The number of aromatic nitrogens is 3. The number of nitrogens with zero attached hydrogens (tertiary/aromatic N) is 3. The Balaban J connectivity index is 2.14. The van der Waals surface area contributed by atoms with E-state index in [1.165, 1.54) is 0 Å². The van der Waals surface area contributed by atoms with E-state index >= 15 is 0 Å². The number of carbonyl (C=O) groups excluding carboxylic acids is 1. The minimum Gasteiger partial charge on any atom is -0.299 e. The predicted molar refractivity (Wildman–Crippen MR) is 79.4 cm³/mol. The van der Waals surface area contributed by atoms with Crippen LogP contribution in [0.15, 0.2) is 6.33 Å². The van der Waals surface area contributed by atoms with Gasteiger partial charge in [-0.25, -0.2) is 9.67 Å². The molecule has 2 unspecified atom stereocenters. The normalized spacial score (nSPS) is 24.4. The van der Waals surface area contributed by atoms with E-state index in [4.69, 9.17) is 0 Å². The first-order chi connectivity index (χ1) is 9.31. The lowest BCUT2D eigenvalue weighted by atomic mass is 9.67. The quantitative estimate of drug-likeness (QED) is 0.847. The number of ketones is 1. The molecule has 1 saturated carbocycles. The van der Waals surface area contributed by atoms with Crippen LogP contribution in [0.5, 0.6) is 0 Å². The fraction of sp³-hybridized carbons (Fsp3) is 0.812. The standard InChI is InChI=1S/C16H27N3O/c1-11(2)19-15(17-10-18-19)9-16(4,5)13-7-6-12(3)8-14(13)20/h10-13H,6-9H2,1-5H3. The summed E-state index contributed by atoms with van der Waals surface area (Å²) in [5.74, 6) is 2.14. The van der Waals surface area contributed by atoms with Crippen molar-refractivity contribution in [1.29, 1.82) is 0 Å². The third-order valence-corrected chi connectivity index (χ3v) is 4.58. The van der Waals surface area contributed by atoms with Crippen LogP contribution in [0, 0.1) is 17.3 Å². The first kappa shape index (κ1) is 15.2. The fourth-order valence-corrected chi connectivity index (χ4v) is 3.39. The van der Waals surface area contributed by atoms with Gasteiger partial charge in [0.2, 0.25) is 0 Å². The Morgan fingerprint density at radius 1 is 1.40 bits per heavy atom. The lowest BCUT2D eigenvalue weighted by Crippen LogP contribution is -2.37. The minimum atomic E-state index is -0.0447. The van der Waals surface area contributed by atoms with Crippen molar-refractivity contribution in [2.45, 2.75) is 66.3 Å². The molecular weight excluding hydrogens is 250 g/mol. The molecule has 1 aliphatic rings. The Labute approximate surface area is 122 Å². The molecule has 0 aliphatic heterocycles. The van der Waals surface area contributed by atoms with Crippen molar-refractivity contribution in [3.63, 3.8) is 0 Å². The predicted octanol–water partition coefficient (Wildman–Crippen LogP) is 3.43. The Morgan fingerprint density at radius 2 is 2.10 bits per heavy atom. The molecule has 20 heavy (non-hydrogen) atoms. The molecule has 4 nitrogen and oxygen atoms in total. The fourth-order valence-electron chi connectivity index (χ4n) is 3.39. The maximum Gasteiger partial charge on any atom is 0.138 e. The summed E-state index contributed by atoms with van der Waals surface area (Å²) >= 11 is 0. The highest BCUT2D eigenvalue weighted by Crippen LogP contribution is 2.40. The molecule has 0 spiro atoms. The van der Waals surface area contributed by atoms with Gasteiger partial charge in [0.1, 0.15) is 17.9 Å². The third-order valence-electron chi connectivity index (χ3n) is 4.58. The second-order valence-electron chi connectivity index (χ2n) is 7.29. The van der Waals surface area contributed by atoms with Crippen LogP contribution < -0.4 is 0 Å². The maximum absolute atomic E-state index is 12.4. The van der Waals surface area contributed by atoms with E-state index in [1.54, 1.807) is 6.33 Å². The van der Waals surface area contributed by atoms with Gasteiger partial charge < -0.3 is 0 Å².